The number of nitriles is 1. The van der Waals surface area contributed by atoms with Crippen LogP contribution in [0.1, 0.15) is 11.4 Å². The number of ether oxygens (including phenoxy) is 2. The Labute approximate surface area is 150 Å². The van der Waals surface area contributed by atoms with Gasteiger partial charge in [0.25, 0.3) is 0 Å². The van der Waals surface area contributed by atoms with Gasteiger partial charge in [-0.2, -0.15) is 22.8 Å². The highest BCUT2D eigenvalue weighted by Gasteiger charge is 2.14. The van der Waals surface area contributed by atoms with Crippen molar-refractivity contribution in [1.82, 2.24) is 9.97 Å². The summed E-state index contributed by atoms with van der Waals surface area (Å²) in [6.45, 7) is -6.30. The third-order valence-corrected chi connectivity index (χ3v) is 3.49. The van der Waals surface area contributed by atoms with Crippen molar-refractivity contribution in [3.8, 4) is 17.6 Å². The maximum atomic E-state index is 12.7. The van der Waals surface area contributed by atoms with E-state index in [4.69, 9.17) is 0 Å². The van der Waals surface area contributed by atoms with Crippen LogP contribution in [-0.4, -0.2) is 23.2 Å². The lowest BCUT2D eigenvalue weighted by atomic mass is 10.1. The number of halogens is 4. The Kier molecular flexibility index (Phi) is 5.26. The van der Waals surface area contributed by atoms with E-state index >= 15 is 0 Å². The predicted octanol–water partition coefficient (Wildman–Crippen LogP) is 4.83. The maximum absolute atomic E-state index is 12.7. The molecule has 1 heterocycles. The number of hydrogen-bond donors (Lipinski definition) is 1. The average molecular weight is 377 g/mol. The van der Waals surface area contributed by atoms with Gasteiger partial charge in [-0.1, -0.05) is 12.1 Å². The standard InChI is InChI=1S/C18H11F4N3O2/c19-17(20)26-12-6-5-10(15(8-12)27-18(21)22)7-11(9-23)16-24-13-3-1-2-4-14(13)25-16/h1-8,17-18H,(H,24,25)/b11-7+. The molecule has 27 heavy (non-hydrogen) atoms. The average Bonchev–Trinajstić information content (AvgIpc) is 3.04. The zero-order valence-electron chi connectivity index (χ0n) is 13.5. The lowest BCUT2D eigenvalue weighted by Crippen LogP contribution is -2.06. The summed E-state index contributed by atoms with van der Waals surface area (Å²) in [4.78, 5) is 7.22. The van der Waals surface area contributed by atoms with Gasteiger partial charge in [-0.25, -0.2) is 4.98 Å². The molecule has 138 valence electrons. The van der Waals surface area contributed by atoms with Gasteiger partial charge in [0.1, 0.15) is 23.4 Å². The number of aromatic amines is 1. The molecular weight excluding hydrogens is 366 g/mol. The van der Waals surface area contributed by atoms with Crippen LogP contribution in [0.25, 0.3) is 22.7 Å². The van der Waals surface area contributed by atoms with Crippen LogP contribution in [0, 0.1) is 11.3 Å². The summed E-state index contributed by atoms with van der Waals surface area (Å²) < 4.78 is 58.5. The van der Waals surface area contributed by atoms with Gasteiger partial charge < -0.3 is 14.5 Å². The quantitative estimate of drug-likeness (QED) is 0.493. The number of allylic oxidation sites excluding steroid dienone is 1. The van der Waals surface area contributed by atoms with Crippen molar-refractivity contribution in [2.24, 2.45) is 0 Å². The Hall–Kier alpha value is -3.54. The van der Waals surface area contributed by atoms with E-state index in [2.05, 4.69) is 19.4 Å². The van der Waals surface area contributed by atoms with E-state index in [0.717, 1.165) is 12.1 Å². The van der Waals surface area contributed by atoms with Crippen molar-refractivity contribution in [2.45, 2.75) is 13.2 Å². The molecule has 2 aromatic carbocycles. The van der Waals surface area contributed by atoms with Crippen LogP contribution in [0.2, 0.25) is 0 Å². The number of hydrogen-bond acceptors (Lipinski definition) is 4. The molecule has 1 N–H and O–H groups in total. The fourth-order valence-electron chi connectivity index (χ4n) is 2.40. The molecule has 0 spiro atoms. The second-order valence-corrected chi connectivity index (χ2v) is 5.23. The second-order valence-electron chi connectivity index (χ2n) is 5.23. The fourth-order valence-corrected chi connectivity index (χ4v) is 2.40. The molecule has 0 unspecified atom stereocenters. The minimum Gasteiger partial charge on any atom is -0.435 e. The number of benzene rings is 2. The van der Waals surface area contributed by atoms with Crippen molar-refractivity contribution in [1.29, 1.82) is 5.26 Å². The highest BCUT2D eigenvalue weighted by atomic mass is 19.3. The highest BCUT2D eigenvalue weighted by Crippen LogP contribution is 2.30. The van der Waals surface area contributed by atoms with Crippen molar-refractivity contribution >= 4 is 22.7 Å². The van der Waals surface area contributed by atoms with Crippen LogP contribution in [-0.2, 0) is 0 Å². The first-order valence-electron chi connectivity index (χ1n) is 7.57. The number of nitrogens with zero attached hydrogens (tertiary/aromatic N) is 2. The van der Waals surface area contributed by atoms with Gasteiger partial charge in [-0.3, -0.25) is 0 Å². The minimum absolute atomic E-state index is 0.0489. The van der Waals surface area contributed by atoms with E-state index < -0.39 is 19.0 Å². The first-order chi connectivity index (χ1) is 13.0. The number of para-hydroxylation sites is 2. The zero-order chi connectivity index (χ0) is 19.4. The number of rotatable bonds is 6. The smallest absolute Gasteiger partial charge is 0.387 e. The molecule has 0 aliphatic rings. The molecule has 0 bridgehead atoms. The van der Waals surface area contributed by atoms with Crippen LogP contribution in [0.5, 0.6) is 11.5 Å². The fraction of sp³-hybridized carbons (Fsp3) is 0.111. The van der Waals surface area contributed by atoms with Gasteiger partial charge >= 0.3 is 13.2 Å². The Balaban J connectivity index is 2.03. The summed E-state index contributed by atoms with van der Waals surface area (Å²) >= 11 is 0. The SMILES string of the molecule is N#C/C(=C\c1ccc(OC(F)F)cc1OC(F)F)c1nc2ccccc2[nH]1. The monoisotopic (exact) mass is 377 g/mol. The van der Waals surface area contributed by atoms with Gasteiger partial charge in [0.15, 0.2) is 0 Å². The zero-order valence-corrected chi connectivity index (χ0v) is 13.5. The molecule has 5 nitrogen and oxygen atoms in total. The van der Waals surface area contributed by atoms with Crippen LogP contribution in [0.15, 0.2) is 42.5 Å². The van der Waals surface area contributed by atoms with Gasteiger partial charge in [-0.05, 0) is 30.3 Å². The van der Waals surface area contributed by atoms with E-state index in [-0.39, 0.29) is 22.7 Å². The van der Waals surface area contributed by atoms with E-state index in [9.17, 15) is 22.8 Å². The number of alkyl halides is 4. The Bertz CT molecular complexity index is 992. The maximum Gasteiger partial charge on any atom is 0.387 e. The molecule has 0 saturated carbocycles. The molecule has 0 radical (unpaired) electrons. The summed E-state index contributed by atoms with van der Waals surface area (Å²) in [5, 5.41) is 9.42. The first-order valence-corrected chi connectivity index (χ1v) is 7.57. The molecule has 0 amide bonds. The summed E-state index contributed by atoms with van der Waals surface area (Å²) in [6.07, 6.45) is 1.27. The molecule has 3 rings (SSSR count). The topological polar surface area (TPSA) is 70.9 Å². The van der Waals surface area contributed by atoms with Crippen LogP contribution in [0.3, 0.4) is 0 Å². The lowest BCUT2D eigenvalue weighted by molar-refractivity contribution is -0.0543. The lowest BCUT2D eigenvalue weighted by Gasteiger charge is -2.11. The Morgan fingerprint density at radius 1 is 1.07 bits per heavy atom. The number of fused-ring (bicyclic) bond motifs is 1. The van der Waals surface area contributed by atoms with Gasteiger partial charge in [0.05, 0.1) is 16.6 Å². The van der Waals surface area contributed by atoms with Crippen molar-refractivity contribution < 1.29 is 27.0 Å². The third kappa shape index (κ3) is 4.36. The Morgan fingerprint density at radius 2 is 1.81 bits per heavy atom. The predicted molar refractivity (Wildman–Crippen MR) is 89.3 cm³/mol. The van der Waals surface area contributed by atoms with E-state index in [1.807, 2.05) is 6.07 Å². The van der Waals surface area contributed by atoms with E-state index in [1.54, 1.807) is 24.3 Å². The van der Waals surface area contributed by atoms with Gasteiger partial charge in [-0.15, -0.1) is 0 Å². The first kappa shape index (κ1) is 18.3. The molecular formula is C18H11F4N3O2. The molecule has 9 heteroatoms. The second kappa shape index (κ2) is 7.78. The number of aromatic nitrogens is 2. The molecule has 0 atom stereocenters. The molecule has 0 aliphatic heterocycles. The summed E-state index contributed by atoms with van der Waals surface area (Å²) in [7, 11) is 0. The number of H-pyrrole nitrogens is 1. The Morgan fingerprint density at radius 3 is 2.48 bits per heavy atom. The van der Waals surface area contributed by atoms with Crippen molar-refractivity contribution in [3.63, 3.8) is 0 Å². The highest BCUT2D eigenvalue weighted by molar-refractivity contribution is 5.91. The third-order valence-electron chi connectivity index (χ3n) is 3.49. The minimum atomic E-state index is -3.18. The summed E-state index contributed by atoms with van der Waals surface area (Å²) in [6, 6.07) is 12.3. The van der Waals surface area contributed by atoms with Crippen molar-refractivity contribution in [2.75, 3.05) is 0 Å². The molecule has 1 aromatic heterocycles. The normalized spacial score (nSPS) is 11.8. The summed E-state index contributed by atoms with van der Waals surface area (Å²) in [5.41, 5.74) is 1.44. The molecule has 3 aromatic rings. The van der Waals surface area contributed by atoms with Crippen LogP contribution in [0.4, 0.5) is 17.6 Å². The van der Waals surface area contributed by atoms with E-state index in [1.165, 1.54) is 12.1 Å². The molecule has 0 fully saturated rings. The van der Waals surface area contributed by atoms with Gasteiger partial charge in [0.2, 0.25) is 0 Å². The number of nitrogens with one attached hydrogen (secondary N) is 1. The van der Waals surface area contributed by atoms with E-state index in [0.29, 0.717) is 11.0 Å². The summed E-state index contributed by atoms with van der Waals surface area (Å²) in [5.74, 6) is -0.526. The molecule has 0 saturated heterocycles. The largest absolute Gasteiger partial charge is 0.435 e. The molecule has 0 aliphatic carbocycles. The van der Waals surface area contributed by atoms with Gasteiger partial charge in [0, 0.05) is 11.6 Å². The number of imidazole rings is 1. The van der Waals surface area contributed by atoms with Crippen LogP contribution >= 0.6 is 0 Å². The van der Waals surface area contributed by atoms with Crippen LogP contribution < -0.4 is 9.47 Å². The van der Waals surface area contributed by atoms with Crippen molar-refractivity contribution in [3.05, 3.63) is 53.9 Å².